The first-order valence-electron chi connectivity index (χ1n) is 8.70. The van der Waals surface area contributed by atoms with Gasteiger partial charge in [-0.15, -0.1) is 0 Å². The summed E-state index contributed by atoms with van der Waals surface area (Å²) in [6.45, 7) is 8.57. The minimum absolute atomic E-state index is 0.00471. The lowest BCUT2D eigenvalue weighted by Crippen LogP contribution is -2.16. The van der Waals surface area contributed by atoms with E-state index in [1.165, 1.54) is 13.8 Å². The maximum Gasteiger partial charge on any atom is 0.344 e. The molecule has 0 aliphatic rings. The Labute approximate surface area is 159 Å². The Morgan fingerprint density at radius 3 is 2.07 bits per heavy atom. The molecule has 2 aromatic carbocycles. The Hall–Kier alpha value is -2.95. The summed E-state index contributed by atoms with van der Waals surface area (Å²) in [5, 5.41) is 0. The SMILES string of the molecule is CC(=O)c1ccc(OCC(=O)OCc2c(C)cc(C)c(C(C)=O)c2C)cc1. The van der Waals surface area contributed by atoms with Crippen molar-refractivity contribution in [1.29, 1.82) is 0 Å². The van der Waals surface area contributed by atoms with Gasteiger partial charge in [-0.1, -0.05) is 6.07 Å². The van der Waals surface area contributed by atoms with Gasteiger partial charge in [0.25, 0.3) is 0 Å². The van der Waals surface area contributed by atoms with E-state index in [4.69, 9.17) is 9.47 Å². The molecule has 0 atom stereocenters. The van der Waals surface area contributed by atoms with Gasteiger partial charge in [0.15, 0.2) is 18.2 Å². The number of aryl methyl sites for hydroxylation is 2. The largest absolute Gasteiger partial charge is 0.482 e. The summed E-state index contributed by atoms with van der Waals surface area (Å²) < 4.78 is 10.7. The van der Waals surface area contributed by atoms with Gasteiger partial charge in [0.05, 0.1) is 0 Å². The summed E-state index contributed by atoms with van der Waals surface area (Å²) in [6, 6.07) is 8.49. The van der Waals surface area contributed by atoms with E-state index in [2.05, 4.69) is 0 Å². The van der Waals surface area contributed by atoms with Crippen LogP contribution in [0.2, 0.25) is 0 Å². The fourth-order valence-electron chi connectivity index (χ4n) is 3.11. The molecule has 0 heterocycles. The third-order valence-electron chi connectivity index (χ3n) is 4.48. The fraction of sp³-hybridized carbons (Fsp3) is 0.318. The summed E-state index contributed by atoms with van der Waals surface area (Å²) in [5.41, 5.74) is 4.83. The lowest BCUT2D eigenvalue weighted by molar-refractivity contribution is -0.147. The molecule has 0 saturated heterocycles. The van der Waals surface area contributed by atoms with Crippen LogP contribution in [-0.4, -0.2) is 24.1 Å². The highest BCUT2D eigenvalue weighted by Crippen LogP contribution is 2.23. The van der Waals surface area contributed by atoms with Crippen molar-refractivity contribution < 1.29 is 23.9 Å². The van der Waals surface area contributed by atoms with Crippen molar-refractivity contribution in [1.82, 2.24) is 0 Å². The van der Waals surface area contributed by atoms with Gasteiger partial charge in [-0.05, 0) is 81.1 Å². The van der Waals surface area contributed by atoms with Crippen molar-refractivity contribution in [3.8, 4) is 5.75 Å². The molecule has 0 aliphatic heterocycles. The van der Waals surface area contributed by atoms with Crippen LogP contribution >= 0.6 is 0 Å². The topological polar surface area (TPSA) is 69.7 Å². The van der Waals surface area contributed by atoms with Crippen LogP contribution in [-0.2, 0) is 16.1 Å². The Bertz CT molecular complexity index is 879. The van der Waals surface area contributed by atoms with Gasteiger partial charge in [0.1, 0.15) is 12.4 Å². The van der Waals surface area contributed by atoms with Crippen LogP contribution in [0.3, 0.4) is 0 Å². The number of benzene rings is 2. The standard InChI is InChI=1S/C22H24O5/c1-13-10-14(2)22(17(5)24)15(3)20(13)11-27-21(25)12-26-19-8-6-18(7-9-19)16(4)23/h6-10H,11-12H2,1-5H3. The van der Waals surface area contributed by atoms with Crippen molar-refractivity contribution >= 4 is 17.5 Å². The monoisotopic (exact) mass is 368 g/mol. The second kappa shape index (κ2) is 8.62. The quantitative estimate of drug-likeness (QED) is 0.543. The zero-order valence-electron chi connectivity index (χ0n) is 16.3. The van der Waals surface area contributed by atoms with Crippen molar-refractivity contribution in [3.05, 3.63) is 63.7 Å². The molecule has 0 aliphatic carbocycles. The minimum atomic E-state index is -0.505. The summed E-state index contributed by atoms with van der Waals surface area (Å²) in [7, 11) is 0. The van der Waals surface area contributed by atoms with Gasteiger partial charge in [0, 0.05) is 11.1 Å². The zero-order valence-corrected chi connectivity index (χ0v) is 16.3. The third-order valence-corrected chi connectivity index (χ3v) is 4.48. The van der Waals surface area contributed by atoms with Gasteiger partial charge >= 0.3 is 5.97 Å². The van der Waals surface area contributed by atoms with E-state index in [1.54, 1.807) is 24.3 Å². The molecule has 0 fully saturated rings. The number of ketones is 2. The van der Waals surface area contributed by atoms with E-state index in [9.17, 15) is 14.4 Å². The van der Waals surface area contributed by atoms with Crippen LogP contribution in [0.4, 0.5) is 0 Å². The number of Topliss-reactive ketones (excluding diaryl/α,β-unsaturated/α-hetero) is 2. The molecular formula is C22H24O5. The fourth-order valence-corrected chi connectivity index (χ4v) is 3.11. The Morgan fingerprint density at radius 2 is 1.52 bits per heavy atom. The van der Waals surface area contributed by atoms with E-state index in [-0.39, 0.29) is 24.8 Å². The smallest absolute Gasteiger partial charge is 0.344 e. The Kier molecular flexibility index (Phi) is 6.50. The van der Waals surface area contributed by atoms with Crippen molar-refractivity contribution in [2.24, 2.45) is 0 Å². The molecule has 0 spiro atoms. The van der Waals surface area contributed by atoms with Crippen LogP contribution in [0, 0.1) is 20.8 Å². The molecule has 2 rings (SSSR count). The van der Waals surface area contributed by atoms with Crippen molar-refractivity contribution in [3.63, 3.8) is 0 Å². The van der Waals surface area contributed by atoms with E-state index in [0.717, 1.165) is 22.3 Å². The number of ether oxygens (including phenoxy) is 2. The highest BCUT2D eigenvalue weighted by molar-refractivity contribution is 5.97. The minimum Gasteiger partial charge on any atom is -0.482 e. The predicted molar refractivity (Wildman–Crippen MR) is 102 cm³/mol. The van der Waals surface area contributed by atoms with Gasteiger partial charge in [-0.2, -0.15) is 0 Å². The molecular weight excluding hydrogens is 344 g/mol. The molecule has 27 heavy (non-hydrogen) atoms. The third kappa shape index (κ3) is 5.03. The second-order valence-electron chi connectivity index (χ2n) is 6.58. The van der Waals surface area contributed by atoms with Crippen LogP contribution in [0.5, 0.6) is 5.75 Å². The van der Waals surface area contributed by atoms with Crippen LogP contribution in [0.25, 0.3) is 0 Å². The Balaban J connectivity index is 1.98. The highest BCUT2D eigenvalue weighted by atomic mass is 16.6. The van der Waals surface area contributed by atoms with Crippen LogP contribution < -0.4 is 4.74 Å². The molecule has 0 saturated carbocycles. The number of carbonyl (C=O) groups is 3. The molecule has 2 aromatic rings. The van der Waals surface area contributed by atoms with Crippen molar-refractivity contribution in [2.45, 2.75) is 41.2 Å². The maximum absolute atomic E-state index is 12.0. The first kappa shape index (κ1) is 20.4. The van der Waals surface area contributed by atoms with E-state index >= 15 is 0 Å². The number of hydrogen-bond donors (Lipinski definition) is 0. The molecule has 0 N–H and O–H groups in total. The Morgan fingerprint density at radius 1 is 0.889 bits per heavy atom. The van der Waals surface area contributed by atoms with Crippen LogP contribution in [0.15, 0.2) is 30.3 Å². The van der Waals surface area contributed by atoms with Crippen LogP contribution in [0.1, 0.15) is 56.8 Å². The number of rotatable bonds is 7. The molecule has 0 unspecified atom stereocenters. The van der Waals surface area contributed by atoms with E-state index in [1.807, 2.05) is 26.8 Å². The average molecular weight is 368 g/mol. The molecule has 0 bridgehead atoms. The molecule has 0 radical (unpaired) electrons. The average Bonchev–Trinajstić information content (AvgIpc) is 2.59. The summed E-state index contributed by atoms with van der Waals surface area (Å²) >= 11 is 0. The molecule has 0 aromatic heterocycles. The second-order valence-corrected chi connectivity index (χ2v) is 6.58. The molecule has 142 valence electrons. The zero-order chi connectivity index (χ0) is 20.1. The summed E-state index contributed by atoms with van der Waals surface area (Å²) in [6.07, 6.45) is 0. The van der Waals surface area contributed by atoms with Gasteiger partial charge in [-0.3, -0.25) is 9.59 Å². The highest BCUT2D eigenvalue weighted by Gasteiger charge is 2.16. The first-order valence-corrected chi connectivity index (χ1v) is 8.70. The summed E-state index contributed by atoms with van der Waals surface area (Å²) in [4.78, 5) is 35.1. The molecule has 5 heteroatoms. The van der Waals surface area contributed by atoms with E-state index in [0.29, 0.717) is 16.9 Å². The van der Waals surface area contributed by atoms with Crippen molar-refractivity contribution in [2.75, 3.05) is 6.61 Å². The number of esters is 1. The number of carbonyl (C=O) groups excluding carboxylic acids is 3. The molecule has 0 amide bonds. The first-order chi connectivity index (χ1) is 12.7. The van der Waals surface area contributed by atoms with Gasteiger partial charge in [-0.25, -0.2) is 4.79 Å². The van der Waals surface area contributed by atoms with E-state index < -0.39 is 5.97 Å². The maximum atomic E-state index is 12.0. The molecule has 5 nitrogen and oxygen atoms in total. The normalized spacial score (nSPS) is 10.4. The van der Waals surface area contributed by atoms with Gasteiger partial charge < -0.3 is 9.47 Å². The lowest BCUT2D eigenvalue weighted by Gasteiger charge is -2.16. The number of hydrogen-bond acceptors (Lipinski definition) is 5. The predicted octanol–water partition coefficient (Wildman–Crippen LogP) is 4.14. The summed E-state index contributed by atoms with van der Waals surface area (Å²) in [5.74, 6) is -0.0578. The lowest BCUT2D eigenvalue weighted by atomic mass is 9.92. The van der Waals surface area contributed by atoms with Gasteiger partial charge in [0.2, 0.25) is 0 Å².